The van der Waals surface area contributed by atoms with E-state index in [4.69, 9.17) is 4.42 Å². The molecule has 0 amide bonds. The van der Waals surface area contributed by atoms with E-state index in [1.54, 1.807) is 36.4 Å². The van der Waals surface area contributed by atoms with Gasteiger partial charge in [0, 0.05) is 16.7 Å². The molecule has 0 fully saturated rings. The van der Waals surface area contributed by atoms with Gasteiger partial charge in [0.15, 0.2) is 23.5 Å². The summed E-state index contributed by atoms with van der Waals surface area (Å²) >= 11 is 0. The summed E-state index contributed by atoms with van der Waals surface area (Å²) in [6.07, 6.45) is 1.28. The van der Waals surface area contributed by atoms with Crippen molar-refractivity contribution >= 4 is 22.7 Å². The highest BCUT2D eigenvalue weighted by molar-refractivity contribution is 6.31. The second-order valence-corrected chi connectivity index (χ2v) is 4.39. The summed E-state index contributed by atoms with van der Waals surface area (Å²) in [7, 11) is 0. The second kappa shape index (κ2) is 3.38. The van der Waals surface area contributed by atoms with E-state index in [1.807, 2.05) is 0 Å². The van der Waals surface area contributed by atoms with Crippen LogP contribution in [0.15, 0.2) is 47.2 Å². The average molecular weight is 249 g/mol. The summed E-state index contributed by atoms with van der Waals surface area (Å²) in [4.78, 5) is 28.9. The minimum Gasteiger partial charge on any atom is -0.443 e. The van der Waals surface area contributed by atoms with Crippen molar-refractivity contribution in [2.24, 2.45) is 0 Å². The van der Waals surface area contributed by atoms with E-state index in [9.17, 15) is 9.59 Å². The molecule has 1 aromatic heterocycles. The summed E-state index contributed by atoms with van der Waals surface area (Å²) in [5, 5.41) is 0. The van der Waals surface area contributed by atoms with Crippen LogP contribution in [0, 0.1) is 0 Å². The summed E-state index contributed by atoms with van der Waals surface area (Å²) in [6.45, 7) is 0. The first-order chi connectivity index (χ1) is 9.27. The van der Waals surface area contributed by atoms with Crippen LogP contribution in [-0.2, 0) is 0 Å². The van der Waals surface area contributed by atoms with E-state index in [0.29, 0.717) is 33.4 Å². The number of hydrogen-bond donors (Lipinski definition) is 0. The van der Waals surface area contributed by atoms with Crippen LogP contribution < -0.4 is 0 Å². The van der Waals surface area contributed by atoms with Crippen molar-refractivity contribution in [3.63, 3.8) is 0 Å². The van der Waals surface area contributed by atoms with Crippen molar-refractivity contribution in [2.45, 2.75) is 0 Å². The second-order valence-electron chi connectivity index (χ2n) is 4.39. The number of ketones is 2. The van der Waals surface area contributed by atoms with E-state index in [-0.39, 0.29) is 11.6 Å². The molecule has 0 saturated carbocycles. The first-order valence-corrected chi connectivity index (χ1v) is 5.82. The zero-order valence-electron chi connectivity index (χ0n) is 9.71. The van der Waals surface area contributed by atoms with Crippen molar-refractivity contribution in [3.8, 4) is 0 Å². The highest BCUT2D eigenvalue weighted by atomic mass is 16.3. The van der Waals surface area contributed by atoms with Gasteiger partial charge in [-0.05, 0) is 12.1 Å². The Kier molecular flexibility index (Phi) is 1.82. The molecule has 1 aliphatic carbocycles. The third-order valence-electron chi connectivity index (χ3n) is 3.39. The molecule has 1 aliphatic rings. The maximum absolute atomic E-state index is 12.5. The van der Waals surface area contributed by atoms with E-state index in [1.165, 1.54) is 6.39 Å². The largest absolute Gasteiger partial charge is 0.443 e. The van der Waals surface area contributed by atoms with Gasteiger partial charge in [0.25, 0.3) is 0 Å². The molecule has 0 bridgehead atoms. The number of rotatable bonds is 0. The Morgan fingerprint density at radius 1 is 0.842 bits per heavy atom. The molecular weight excluding hydrogens is 242 g/mol. The molecule has 0 saturated heterocycles. The summed E-state index contributed by atoms with van der Waals surface area (Å²) in [5.41, 5.74) is 2.53. The zero-order valence-corrected chi connectivity index (χ0v) is 9.71. The van der Waals surface area contributed by atoms with Crippen LogP contribution in [0.2, 0.25) is 0 Å². The Balaban J connectivity index is 2.14. The van der Waals surface area contributed by atoms with Crippen LogP contribution in [-0.4, -0.2) is 16.6 Å². The highest BCUT2D eigenvalue weighted by Crippen LogP contribution is 2.31. The van der Waals surface area contributed by atoms with Gasteiger partial charge in [0.05, 0.1) is 5.56 Å². The first kappa shape index (κ1) is 10.2. The molecule has 4 rings (SSSR count). The molecule has 90 valence electrons. The first-order valence-electron chi connectivity index (χ1n) is 5.82. The third kappa shape index (κ3) is 1.20. The summed E-state index contributed by atoms with van der Waals surface area (Å²) in [6, 6.07) is 10.2. The quantitative estimate of drug-likeness (QED) is 0.480. The topological polar surface area (TPSA) is 60.2 Å². The van der Waals surface area contributed by atoms with Crippen LogP contribution in [0.4, 0.5) is 0 Å². The molecule has 3 aromatic rings. The number of oxazole rings is 1. The lowest BCUT2D eigenvalue weighted by Gasteiger charge is -2.16. The summed E-state index contributed by atoms with van der Waals surface area (Å²) < 4.78 is 5.27. The molecular formula is C15H7NO3. The minimum absolute atomic E-state index is 0.150. The van der Waals surface area contributed by atoms with Crippen molar-refractivity contribution in [1.29, 1.82) is 0 Å². The highest BCUT2D eigenvalue weighted by Gasteiger charge is 2.32. The van der Waals surface area contributed by atoms with Crippen LogP contribution in [0.25, 0.3) is 11.1 Å². The van der Waals surface area contributed by atoms with Gasteiger partial charge in [0.1, 0.15) is 5.52 Å². The van der Waals surface area contributed by atoms with Crippen molar-refractivity contribution in [3.05, 3.63) is 65.0 Å². The molecule has 0 spiro atoms. The predicted octanol–water partition coefficient (Wildman–Crippen LogP) is 2.60. The van der Waals surface area contributed by atoms with Gasteiger partial charge in [-0.2, -0.15) is 0 Å². The van der Waals surface area contributed by atoms with Gasteiger partial charge in [-0.3, -0.25) is 9.59 Å². The lowest BCUT2D eigenvalue weighted by atomic mass is 9.84. The van der Waals surface area contributed by atoms with E-state index in [0.717, 1.165) is 0 Å². The smallest absolute Gasteiger partial charge is 0.198 e. The SMILES string of the molecule is O=C1c2ccccc2C(=O)c2c1ccc1ncoc21. The zero-order chi connectivity index (χ0) is 13.0. The molecule has 1 heterocycles. The molecule has 0 radical (unpaired) electrons. The number of carbonyl (C=O) groups is 2. The van der Waals surface area contributed by atoms with E-state index >= 15 is 0 Å². The van der Waals surface area contributed by atoms with Crippen molar-refractivity contribution in [2.75, 3.05) is 0 Å². The lowest BCUT2D eigenvalue weighted by molar-refractivity contribution is 0.0979. The molecule has 0 aliphatic heterocycles. The van der Waals surface area contributed by atoms with Gasteiger partial charge in [-0.15, -0.1) is 0 Å². The normalized spacial score (nSPS) is 13.5. The molecule has 4 nitrogen and oxygen atoms in total. The average Bonchev–Trinajstić information content (AvgIpc) is 2.92. The number of carbonyl (C=O) groups excluding carboxylic acids is 2. The van der Waals surface area contributed by atoms with Crippen molar-refractivity contribution in [1.82, 2.24) is 4.98 Å². The van der Waals surface area contributed by atoms with Crippen LogP contribution in [0.5, 0.6) is 0 Å². The lowest BCUT2D eigenvalue weighted by Crippen LogP contribution is -2.20. The molecule has 0 unspecified atom stereocenters. The molecule has 0 N–H and O–H groups in total. The van der Waals surface area contributed by atoms with E-state index in [2.05, 4.69) is 4.98 Å². The van der Waals surface area contributed by atoms with Gasteiger partial charge in [-0.25, -0.2) is 4.98 Å². The maximum Gasteiger partial charge on any atom is 0.198 e. The van der Waals surface area contributed by atoms with Crippen LogP contribution >= 0.6 is 0 Å². The summed E-state index contributed by atoms with van der Waals surface area (Å²) in [5.74, 6) is -0.337. The molecule has 2 aromatic carbocycles. The predicted molar refractivity (Wildman–Crippen MR) is 67.3 cm³/mol. The van der Waals surface area contributed by atoms with Gasteiger partial charge < -0.3 is 4.42 Å². The fourth-order valence-electron chi connectivity index (χ4n) is 2.50. The number of benzene rings is 2. The Morgan fingerprint density at radius 2 is 1.58 bits per heavy atom. The minimum atomic E-state index is -0.187. The number of hydrogen-bond acceptors (Lipinski definition) is 4. The van der Waals surface area contributed by atoms with Crippen molar-refractivity contribution < 1.29 is 14.0 Å². The molecule has 19 heavy (non-hydrogen) atoms. The number of aromatic nitrogens is 1. The fraction of sp³-hybridized carbons (Fsp3) is 0. The van der Waals surface area contributed by atoms with E-state index < -0.39 is 0 Å². The van der Waals surface area contributed by atoms with Gasteiger partial charge >= 0.3 is 0 Å². The third-order valence-corrected chi connectivity index (χ3v) is 3.39. The maximum atomic E-state index is 12.5. The Morgan fingerprint density at radius 3 is 2.37 bits per heavy atom. The Bertz CT molecular complexity index is 861. The molecule has 0 atom stereocenters. The van der Waals surface area contributed by atoms with Crippen LogP contribution in [0.1, 0.15) is 31.8 Å². The Labute approximate surface area is 107 Å². The van der Waals surface area contributed by atoms with Crippen LogP contribution in [0.3, 0.4) is 0 Å². The fourth-order valence-corrected chi connectivity index (χ4v) is 2.50. The monoisotopic (exact) mass is 249 g/mol. The Hall–Kier alpha value is -2.75. The molecule has 4 heteroatoms. The number of nitrogens with zero attached hydrogens (tertiary/aromatic N) is 1. The van der Waals surface area contributed by atoms with Gasteiger partial charge in [-0.1, -0.05) is 24.3 Å². The van der Waals surface area contributed by atoms with Gasteiger partial charge in [0.2, 0.25) is 0 Å². The standard InChI is InChI=1S/C15H7NO3/c17-13-8-3-1-2-4-9(8)14(18)12-10(13)5-6-11-15(12)19-7-16-11/h1-7H. The number of fused-ring (bicyclic) bond motifs is 4.